The van der Waals surface area contributed by atoms with Crippen LogP contribution in [-0.4, -0.2) is 56.8 Å². The first-order valence-electron chi connectivity index (χ1n) is 9.60. The standard InChI is InChI=1S/C20H33FN4O/c1-5-22-20(23-13-15(2)14-25-8-10-26-11-9-25)24-17(4)18-7-6-16(3)19(21)12-18/h6-7,12,15,17H,5,8-11,13-14H2,1-4H3,(H2,22,23,24). The topological polar surface area (TPSA) is 48.9 Å². The van der Waals surface area contributed by atoms with Crippen LogP contribution >= 0.6 is 0 Å². The highest BCUT2D eigenvalue weighted by Crippen LogP contribution is 2.16. The summed E-state index contributed by atoms with van der Waals surface area (Å²) < 4.78 is 19.2. The Hall–Kier alpha value is -1.66. The monoisotopic (exact) mass is 364 g/mol. The lowest BCUT2D eigenvalue weighted by Gasteiger charge is -2.28. The molecule has 1 aromatic carbocycles. The molecule has 1 aromatic rings. The summed E-state index contributed by atoms with van der Waals surface area (Å²) in [6, 6.07) is 5.35. The van der Waals surface area contributed by atoms with Crippen molar-refractivity contribution in [1.82, 2.24) is 15.5 Å². The van der Waals surface area contributed by atoms with E-state index in [4.69, 9.17) is 9.73 Å². The van der Waals surface area contributed by atoms with E-state index in [1.54, 1.807) is 13.0 Å². The molecule has 146 valence electrons. The minimum atomic E-state index is -0.169. The lowest BCUT2D eigenvalue weighted by atomic mass is 10.1. The number of ether oxygens (including phenoxy) is 1. The van der Waals surface area contributed by atoms with Crippen LogP contribution in [0.5, 0.6) is 0 Å². The summed E-state index contributed by atoms with van der Waals surface area (Å²) in [4.78, 5) is 7.16. The Morgan fingerprint density at radius 3 is 2.69 bits per heavy atom. The fourth-order valence-electron chi connectivity index (χ4n) is 3.02. The highest BCUT2D eigenvalue weighted by atomic mass is 19.1. The van der Waals surface area contributed by atoms with Gasteiger partial charge in [-0.05, 0) is 43.9 Å². The molecule has 0 spiro atoms. The smallest absolute Gasteiger partial charge is 0.191 e. The summed E-state index contributed by atoms with van der Waals surface area (Å²) >= 11 is 0. The van der Waals surface area contributed by atoms with E-state index in [1.807, 2.05) is 26.0 Å². The van der Waals surface area contributed by atoms with Crippen molar-refractivity contribution in [2.24, 2.45) is 10.9 Å². The van der Waals surface area contributed by atoms with Crippen molar-refractivity contribution in [2.45, 2.75) is 33.7 Å². The minimum absolute atomic E-state index is 0.0163. The zero-order chi connectivity index (χ0) is 18.9. The van der Waals surface area contributed by atoms with E-state index >= 15 is 0 Å². The van der Waals surface area contributed by atoms with Crippen LogP contribution in [-0.2, 0) is 4.74 Å². The molecule has 0 aliphatic carbocycles. The molecule has 2 atom stereocenters. The molecule has 2 rings (SSSR count). The van der Waals surface area contributed by atoms with E-state index in [0.717, 1.165) is 57.5 Å². The average Bonchev–Trinajstić information content (AvgIpc) is 2.63. The zero-order valence-electron chi connectivity index (χ0n) is 16.5. The molecule has 1 aliphatic heterocycles. The third-order valence-electron chi connectivity index (χ3n) is 4.63. The van der Waals surface area contributed by atoms with Gasteiger partial charge in [0.25, 0.3) is 0 Å². The molecular weight excluding hydrogens is 331 g/mol. The Labute approximate surface area is 157 Å². The van der Waals surface area contributed by atoms with E-state index in [9.17, 15) is 4.39 Å². The molecule has 1 saturated heterocycles. The summed E-state index contributed by atoms with van der Waals surface area (Å²) in [7, 11) is 0. The third-order valence-corrected chi connectivity index (χ3v) is 4.63. The number of hydrogen-bond acceptors (Lipinski definition) is 3. The molecular formula is C20H33FN4O. The highest BCUT2D eigenvalue weighted by molar-refractivity contribution is 5.80. The summed E-state index contributed by atoms with van der Waals surface area (Å²) in [6.07, 6.45) is 0. The third kappa shape index (κ3) is 6.57. The summed E-state index contributed by atoms with van der Waals surface area (Å²) in [6.45, 7) is 14.3. The Morgan fingerprint density at radius 1 is 1.31 bits per heavy atom. The van der Waals surface area contributed by atoms with Crippen LogP contribution in [0.4, 0.5) is 4.39 Å². The van der Waals surface area contributed by atoms with Crippen molar-refractivity contribution in [1.29, 1.82) is 0 Å². The molecule has 0 aromatic heterocycles. The molecule has 6 heteroatoms. The Balaban J connectivity index is 1.91. The largest absolute Gasteiger partial charge is 0.379 e. The Kier molecular flexibility index (Phi) is 8.32. The van der Waals surface area contributed by atoms with Crippen molar-refractivity contribution in [3.8, 4) is 0 Å². The highest BCUT2D eigenvalue weighted by Gasteiger charge is 2.14. The predicted octanol–water partition coefficient (Wildman–Crippen LogP) is 2.72. The molecule has 0 bridgehead atoms. The van der Waals surface area contributed by atoms with Gasteiger partial charge in [-0.15, -0.1) is 0 Å². The predicted molar refractivity (Wildman–Crippen MR) is 105 cm³/mol. The molecule has 2 N–H and O–H groups in total. The van der Waals surface area contributed by atoms with Crippen LogP contribution < -0.4 is 10.6 Å². The maximum atomic E-state index is 13.8. The maximum Gasteiger partial charge on any atom is 0.191 e. The number of aliphatic imine (C=N–C) groups is 1. The van der Waals surface area contributed by atoms with Crippen LogP contribution in [0.25, 0.3) is 0 Å². The fraction of sp³-hybridized carbons (Fsp3) is 0.650. The van der Waals surface area contributed by atoms with E-state index in [2.05, 4.69) is 22.5 Å². The van der Waals surface area contributed by atoms with Crippen LogP contribution in [0.2, 0.25) is 0 Å². The number of benzene rings is 1. The van der Waals surface area contributed by atoms with Gasteiger partial charge in [-0.1, -0.05) is 19.1 Å². The molecule has 0 radical (unpaired) electrons. The van der Waals surface area contributed by atoms with Gasteiger partial charge in [-0.25, -0.2) is 4.39 Å². The summed E-state index contributed by atoms with van der Waals surface area (Å²) in [5.41, 5.74) is 1.58. The van der Waals surface area contributed by atoms with Crippen LogP contribution in [0.3, 0.4) is 0 Å². The van der Waals surface area contributed by atoms with Crippen LogP contribution in [0.15, 0.2) is 23.2 Å². The molecule has 1 fully saturated rings. The van der Waals surface area contributed by atoms with E-state index in [-0.39, 0.29) is 11.9 Å². The number of nitrogens with zero attached hydrogens (tertiary/aromatic N) is 2. The molecule has 5 nitrogen and oxygen atoms in total. The van der Waals surface area contributed by atoms with Crippen molar-refractivity contribution < 1.29 is 9.13 Å². The van der Waals surface area contributed by atoms with Gasteiger partial charge in [0.2, 0.25) is 0 Å². The van der Waals surface area contributed by atoms with Crippen LogP contribution in [0, 0.1) is 18.7 Å². The van der Waals surface area contributed by atoms with Gasteiger partial charge in [0.15, 0.2) is 5.96 Å². The molecule has 2 unspecified atom stereocenters. The number of aryl methyl sites for hydroxylation is 1. The van der Waals surface area contributed by atoms with Crippen molar-refractivity contribution in [3.05, 3.63) is 35.1 Å². The number of guanidine groups is 1. The molecule has 0 saturated carbocycles. The number of halogens is 1. The van der Waals surface area contributed by atoms with Gasteiger partial charge in [0.05, 0.1) is 19.3 Å². The second-order valence-electron chi connectivity index (χ2n) is 7.11. The maximum absolute atomic E-state index is 13.8. The summed E-state index contributed by atoms with van der Waals surface area (Å²) in [5, 5.41) is 6.66. The lowest BCUT2D eigenvalue weighted by molar-refractivity contribution is 0.0323. The Bertz CT molecular complexity index is 587. The lowest BCUT2D eigenvalue weighted by Crippen LogP contribution is -2.41. The fourth-order valence-corrected chi connectivity index (χ4v) is 3.02. The first kappa shape index (κ1) is 20.6. The minimum Gasteiger partial charge on any atom is -0.379 e. The quantitative estimate of drug-likeness (QED) is 0.577. The van der Waals surface area contributed by atoms with E-state index in [0.29, 0.717) is 11.5 Å². The van der Waals surface area contributed by atoms with Crippen molar-refractivity contribution in [3.63, 3.8) is 0 Å². The SMILES string of the molecule is CCNC(=NCC(C)CN1CCOCC1)NC(C)c1ccc(C)c(F)c1. The first-order chi connectivity index (χ1) is 12.5. The zero-order valence-corrected chi connectivity index (χ0v) is 16.5. The van der Waals surface area contributed by atoms with Gasteiger partial charge < -0.3 is 15.4 Å². The molecule has 26 heavy (non-hydrogen) atoms. The normalized spacial score (nSPS) is 18.4. The average molecular weight is 365 g/mol. The van der Waals surface area contributed by atoms with Gasteiger partial charge in [-0.3, -0.25) is 9.89 Å². The van der Waals surface area contributed by atoms with E-state index in [1.165, 1.54) is 0 Å². The molecule has 1 heterocycles. The van der Waals surface area contributed by atoms with Gasteiger partial charge in [0.1, 0.15) is 5.82 Å². The first-order valence-corrected chi connectivity index (χ1v) is 9.60. The molecule has 1 aliphatic rings. The van der Waals surface area contributed by atoms with Crippen molar-refractivity contribution >= 4 is 5.96 Å². The second-order valence-corrected chi connectivity index (χ2v) is 7.11. The second kappa shape index (κ2) is 10.5. The number of nitrogens with one attached hydrogen (secondary N) is 2. The number of rotatable bonds is 7. The molecule has 0 amide bonds. The van der Waals surface area contributed by atoms with Crippen molar-refractivity contribution in [2.75, 3.05) is 45.9 Å². The Morgan fingerprint density at radius 2 is 2.04 bits per heavy atom. The van der Waals surface area contributed by atoms with Gasteiger partial charge in [0, 0.05) is 32.7 Å². The number of morpholine rings is 1. The van der Waals surface area contributed by atoms with Gasteiger partial charge in [-0.2, -0.15) is 0 Å². The van der Waals surface area contributed by atoms with E-state index < -0.39 is 0 Å². The summed E-state index contributed by atoms with van der Waals surface area (Å²) in [5.74, 6) is 1.07. The van der Waals surface area contributed by atoms with Crippen LogP contribution in [0.1, 0.15) is 37.9 Å². The number of hydrogen-bond donors (Lipinski definition) is 2. The van der Waals surface area contributed by atoms with Gasteiger partial charge >= 0.3 is 0 Å².